The van der Waals surface area contributed by atoms with Crippen LogP contribution >= 0.6 is 15.9 Å². The van der Waals surface area contributed by atoms with Crippen molar-refractivity contribution in [1.82, 2.24) is 14.3 Å². The molecule has 1 heterocycles. The van der Waals surface area contributed by atoms with Crippen LogP contribution in [-0.2, 0) is 16.4 Å². The lowest BCUT2D eigenvalue weighted by molar-refractivity contribution is 0.521. The third kappa shape index (κ3) is 5.42. The van der Waals surface area contributed by atoms with Gasteiger partial charge in [0.15, 0.2) is 0 Å². The smallest absolute Gasteiger partial charge is 0.215 e. The van der Waals surface area contributed by atoms with Crippen LogP contribution in [0.25, 0.3) is 0 Å². The molecular formula is C11H19BrN4O2S. The molecule has 0 aliphatic rings. The van der Waals surface area contributed by atoms with Crippen molar-refractivity contribution >= 4 is 31.8 Å². The van der Waals surface area contributed by atoms with Gasteiger partial charge in [0.25, 0.3) is 0 Å². The summed E-state index contributed by atoms with van der Waals surface area (Å²) in [5.41, 5.74) is 0. The summed E-state index contributed by atoms with van der Waals surface area (Å²) in [6, 6.07) is 1.74. The predicted octanol–water partition coefficient (Wildman–Crippen LogP) is 1.49. The second-order valence-electron chi connectivity index (χ2n) is 4.27. The Bertz CT molecular complexity index is 519. The minimum Gasteiger partial charge on any atom is -0.369 e. The number of halogens is 1. The molecule has 0 aliphatic heterocycles. The minimum absolute atomic E-state index is 0.0325. The average Bonchev–Trinajstić information content (AvgIpc) is 2.28. The molecule has 0 aliphatic carbocycles. The number of hydrogen-bond donors (Lipinski definition) is 1. The highest BCUT2D eigenvalue weighted by molar-refractivity contribution is 9.10. The Hall–Kier alpha value is -0.730. The van der Waals surface area contributed by atoms with E-state index in [2.05, 4.69) is 38.1 Å². The zero-order valence-electron chi connectivity index (χ0n) is 11.4. The van der Waals surface area contributed by atoms with E-state index in [4.69, 9.17) is 0 Å². The Kier molecular flexibility index (Phi) is 6.15. The Labute approximate surface area is 122 Å². The molecule has 0 spiro atoms. The average molecular weight is 351 g/mol. The lowest BCUT2D eigenvalue weighted by atomic mass is 10.3. The molecule has 8 heteroatoms. The molecule has 1 aromatic heterocycles. The summed E-state index contributed by atoms with van der Waals surface area (Å²) in [7, 11) is -0.136. The van der Waals surface area contributed by atoms with E-state index in [9.17, 15) is 8.42 Å². The number of aromatic nitrogens is 2. The quantitative estimate of drug-likeness (QED) is 0.754. The van der Waals surface area contributed by atoms with Crippen LogP contribution in [0.1, 0.15) is 19.2 Å². The summed E-state index contributed by atoms with van der Waals surface area (Å²) in [4.78, 5) is 8.57. The summed E-state index contributed by atoms with van der Waals surface area (Å²) >= 11 is 3.32. The summed E-state index contributed by atoms with van der Waals surface area (Å²) in [5, 5.41) is 3.01. The summed E-state index contributed by atoms with van der Waals surface area (Å²) in [6.07, 6.45) is 1.76. The van der Waals surface area contributed by atoms with Crippen molar-refractivity contribution in [1.29, 1.82) is 0 Å². The molecule has 0 saturated carbocycles. The lowest BCUT2D eigenvalue weighted by Gasteiger charge is -2.12. The number of anilines is 1. The molecule has 0 radical (unpaired) electrons. The van der Waals surface area contributed by atoms with Gasteiger partial charge in [-0.15, -0.1) is 0 Å². The summed E-state index contributed by atoms with van der Waals surface area (Å²) in [6.45, 7) is 2.37. The van der Waals surface area contributed by atoms with Crippen molar-refractivity contribution in [2.75, 3.05) is 31.7 Å². The zero-order chi connectivity index (χ0) is 14.5. The van der Waals surface area contributed by atoms with Crippen LogP contribution in [0, 0.1) is 0 Å². The number of sulfonamides is 1. The maximum atomic E-state index is 11.6. The van der Waals surface area contributed by atoms with E-state index in [0.717, 1.165) is 18.7 Å². The van der Waals surface area contributed by atoms with Crippen LogP contribution in [0.15, 0.2) is 10.7 Å². The van der Waals surface area contributed by atoms with E-state index in [0.29, 0.717) is 17.0 Å². The van der Waals surface area contributed by atoms with Crippen molar-refractivity contribution in [2.45, 2.75) is 19.8 Å². The van der Waals surface area contributed by atoms with E-state index in [-0.39, 0.29) is 5.75 Å². The number of hydrogen-bond acceptors (Lipinski definition) is 5. The van der Waals surface area contributed by atoms with Crippen molar-refractivity contribution in [2.24, 2.45) is 0 Å². The second-order valence-corrected chi connectivity index (χ2v) is 7.38. The van der Waals surface area contributed by atoms with Gasteiger partial charge in [0.1, 0.15) is 16.2 Å². The van der Waals surface area contributed by atoms with Gasteiger partial charge in [-0.3, -0.25) is 0 Å². The fourth-order valence-corrected chi connectivity index (χ4v) is 2.53. The molecule has 0 fully saturated rings. The first-order valence-electron chi connectivity index (χ1n) is 6.02. The van der Waals surface area contributed by atoms with Crippen molar-refractivity contribution in [3.05, 3.63) is 16.5 Å². The Balaban J connectivity index is 2.63. The van der Waals surface area contributed by atoms with Crippen LogP contribution in [0.4, 0.5) is 5.82 Å². The normalized spacial score (nSPS) is 11.8. The molecule has 6 nitrogen and oxygen atoms in total. The van der Waals surface area contributed by atoms with Crippen LogP contribution in [0.3, 0.4) is 0 Å². The van der Waals surface area contributed by atoms with E-state index >= 15 is 0 Å². The standard InChI is InChI=1S/C11H19BrN4O2S/c1-4-5-10-14-9(12)8-11(15-10)13-6-7-19(17,18)16(2)3/h8H,4-7H2,1-3H3,(H,13,14,15). The molecule has 0 aromatic carbocycles. The zero-order valence-corrected chi connectivity index (χ0v) is 13.8. The summed E-state index contributed by atoms with van der Waals surface area (Å²) < 4.78 is 25.1. The van der Waals surface area contributed by atoms with Gasteiger partial charge < -0.3 is 5.32 Å². The Morgan fingerprint density at radius 1 is 1.37 bits per heavy atom. The van der Waals surface area contributed by atoms with Gasteiger partial charge in [-0.2, -0.15) is 0 Å². The number of aryl methyl sites for hydroxylation is 1. The van der Waals surface area contributed by atoms with Crippen molar-refractivity contribution in [3.8, 4) is 0 Å². The van der Waals surface area contributed by atoms with Gasteiger partial charge in [-0.25, -0.2) is 22.7 Å². The van der Waals surface area contributed by atoms with Gasteiger partial charge in [0.2, 0.25) is 10.0 Å². The Morgan fingerprint density at radius 2 is 2.05 bits per heavy atom. The highest BCUT2D eigenvalue weighted by Gasteiger charge is 2.13. The van der Waals surface area contributed by atoms with E-state index < -0.39 is 10.0 Å². The first kappa shape index (κ1) is 16.3. The fourth-order valence-electron chi connectivity index (χ4n) is 1.38. The van der Waals surface area contributed by atoms with Crippen LogP contribution in [0.5, 0.6) is 0 Å². The van der Waals surface area contributed by atoms with Crippen molar-refractivity contribution in [3.63, 3.8) is 0 Å². The third-order valence-corrected chi connectivity index (χ3v) is 4.68. The molecular weight excluding hydrogens is 332 g/mol. The predicted molar refractivity (Wildman–Crippen MR) is 79.7 cm³/mol. The molecule has 108 valence electrons. The lowest BCUT2D eigenvalue weighted by Crippen LogP contribution is -2.28. The molecule has 19 heavy (non-hydrogen) atoms. The topological polar surface area (TPSA) is 75.2 Å². The number of rotatable bonds is 7. The molecule has 0 atom stereocenters. The molecule has 1 rings (SSSR count). The number of nitrogens with zero attached hydrogens (tertiary/aromatic N) is 3. The molecule has 0 unspecified atom stereocenters. The molecule has 0 bridgehead atoms. The van der Waals surface area contributed by atoms with E-state index in [1.54, 1.807) is 6.07 Å². The first-order valence-corrected chi connectivity index (χ1v) is 8.43. The van der Waals surface area contributed by atoms with Gasteiger partial charge in [-0.05, 0) is 22.4 Å². The monoisotopic (exact) mass is 350 g/mol. The maximum Gasteiger partial charge on any atom is 0.215 e. The Morgan fingerprint density at radius 3 is 2.63 bits per heavy atom. The number of nitrogens with one attached hydrogen (secondary N) is 1. The van der Waals surface area contributed by atoms with Gasteiger partial charge in [0, 0.05) is 33.1 Å². The molecule has 0 amide bonds. The molecule has 1 N–H and O–H groups in total. The molecule has 1 aromatic rings. The molecule has 0 saturated heterocycles. The maximum absolute atomic E-state index is 11.6. The minimum atomic E-state index is -3.18. The van der Waals surface area contributed by atoms with Crippen LogP contribution < -0.4 is 5.32 Å². The second kappa shape index (κ2) is 7.16. The highest BCUT2D eigenvalue weighted by atomic mass is 79.9. The first-order chi connectivity index (χ1) is 8.85. The fraction of sp³-hybridized carbons (Fsp3) is 0.636. The highest BCUT2D eigenvalue weighted by Crippen LogP contribution is 2.13. The van der Waals surface area contributed by atoms with E-state index in [1.807, 2.05) is 0 Å². The van der Waals surface area contributed by atoms with Crippen LogP contribution in [0.2, 0.25) is 0 Å². The summed E-state index contributed by atoms with van der Waals surface area (Å²) in [5.74, 6) is 1.42. The van der Waals surface area contributed by atoms with Gasteiger partial charge >= 0.3 is 0 Å². The van der Waals surface area contributed by atoms with Gasteiger partial charge in [-0.1, -0.05) is 6.92 Å². The van der Waals surface area contributed by atoms with E-state index in [1.165, 1.54) is 18.4 Å². The van der Waals surface area contributed by atoms with Gasteiger partial charge in [0.05, 0.1) is 5.75 Å². The SMILES string of the molecule is CCCc1nc(Br)cc(NCCS(=O)(=O)N(C)C)n1. The largest absolute Gasteiger partial charge is 0.369 e. The van der Waals surface area contributed by atoms with Crippen molar-refractivity contribution < 1.29 is 8.42 Å². The van der Waals surface area contributed by atoms with Crippen LogP contribution in [-0.4, -0.2) is 49.1 Å². The third-order valence-electron chi connectivity index (χ3n) is 2.44.